The van der Waals surface area contributed by atoms with Crippen molar-refractivity contribution in [2.45, 2.75) is 11.4 Å². The van der Waals surface area contributed by atoms with Gasteiger partial charge in [-0.3, -0.25) is 4.79 Å². The van der Waals surface area contributed by atoms with E-state index >= 15 is 0 Å². The molecule has 0 unspecified atom stereocenters. The van der Waals surface area contributed by atoms with Crippen molar-refractivity contribution in [3.05, 3.63) is 82.9 Å². The molecule has 162 valence electrons. The first-order chi connectivity index (χ1) is 14.8. The Labute approximate surface area is 186 Å². The van der Waals surface area contributed by atoms with Gasteiger partial charge in [-0.2, -0.15) is 0 Å². The van der Waals surface area contributed by atoms with Crippen LogP contribution in [0.5, 0.6) is 11.5 Å². The van der Waals surface area contributed by atoms with Gasteiger partial charge >= 0.3 is 0 Å². The van der Waals surface area contributed by atoms with Crippen LogP contribution >= 0.6 is 11.6 Å². The Morgan fingerprint density at radius 3 is 2.29 bits per heavy atom. The van der Waals surface area contributed by atoms with E-state index in [2.05, 4.69) is 10.0 Å². The van der Waals surface area contributed by atoms with Crippen LogP contribution in [-0.2, 0) is 16.6 Å². The van der Waals surface area contributed by atoms with E-state index < -0.39 is 15.9 Å². The van der Waals surface area contributed by atoms with Gasteiger partial charge in [0.25, 0.3) is 5.91 Å². The molecule has 9 heteroatoms. The first-order valence-corrected chi connectivity index (χ1v) is 11.1. The standard InChI is InChI=1S/C22H21ClN2O5S/c1-29-20-6-4-3-5-16(20)14-24-31(27,28)18-11-12-21(30-2)19(13-18)25-22(26)15-7-9-17(23)10-8-15/h3-13,24H,14H2,1-2H3,(H,25,26). The fraction of sp³-hybridized carbons (Fsp3) is 0.136. The summed E-state index contributed by atoms with van der Waals surface area (Å²) in [4.78, 5) is 12.5. The first kappa shape index (κ1) is 22.6. The number of sulfonamides is 1. The van der Waals surface area contributed by atoms with E-state index in [-0.39, 0.29) is 17.1 Å². The number of hydrogen-bond donors (Lipinski definition) is 2. The first-order valence-electron chi connectivity index (χ1n) is 9.20. The van der Waals surface area contributed by atoms with Crippen LogP contribution in [0.4, 0.5) is 5.69 Å². The third-order valence-electron chi connectivity index (χ3n) is 4.48. The largest absolute Gasteiger partial charge is 0.496 e. The lowest BCUT2D eigenvalue weighted by Gasteiger charge is -2.14. The highest BCUT2D eigenvalue weighted by Gasteiger charge is 2.18. The second-order valence-electron chi connectivity index (χ2n) is 6.46. The van der Waals surface area contributed by atoms with Crippen molar-refractivity contribution in [3.63, 3.8) is 0 Å². The number of amides is 1. The van der Waals surface area contributed by atoms with Crippen molar-refractivity contribution in [2.24, 2.45) is 0 Å². The number of para-hydroxylation sites is 1. The SMILES string of the molecule is COc1ccccc1CNS(=O)(=O)c1ccc(OC)c(NC(=O)c2ccc(Cl)cc2)c1. The molecule has 3 aromatic carbocycles. The number of methoxy groups -OCH3 is 2. The summed E-state index contributed by atoms with van der Waals surface area (Å²) in [7, 11) is -0.915. The molecule has 0 aliphatic carbocycles. The predicted octanol–water partition coefficient (Wildman–Crippen LogP) is 4.09. The maximum Gasteiger partial charge on any atom is 0.255 e. The van der Waals surface area contributed by atoms with Gasteiger partial charge in [-0.05, 0) is 48.5 Å². The Kier molecular flexibility index (Phi) is 7.17. The van der Waals surface area contributed by atoms with Crippen molar-refractivity contribution < 1.29 is 22.7 Å². The van der Waals surface area contributed by atoms with E-state index in [4.69, 9.17) is 21.1 Å². The van der Waals surface area contributed by atoms with Gasteiger partial charge in [0.05, 0.1) is 24.8 Å². The van der Waals surface area contributed by atoms with Crippen LogP contribution in [0, 0.1) is 0 Å². The molecule has 0 saturated heterocycles. The highest BCUT2D eigenvalue weighted by atomic mass is 35.5. The van der Waals surface area contributed by atoms with Crippen LogP contribution in [0.25, 0.3) is 0 Å². The number of nitrogens with one attached hydrogen (secondary N) is 2. The van der Waals surface area contributed by atoms with E-state index in [0.29, 0.717) is 27.6 Å². The lowest BCUT2D eigenvalue weighted by atomic mass is 10.2. The zero-order valence-corrected chi connectivity index (χ0v) is 18.5. The molecule has 0 radical (unpaired) electrons. The molecule has 7 nitrogen and oxygen atoms in total. The summed E-state index contributed by atoms with van der Waals surface area (Å²) in [6, 6.07) is 17.7. The van der Waals surface area contributed by atoms with E-state index in [0.717, 1.165) is 0 Å². The molecule has 31 heavy (non-hydrogen) atoms. The van der Waals surface area contributed by atoms with Gasteiger partial charge in [-0.1, -0.05) is 29.8 Å². The van der Waals surface area contributed by atoms with Crippen LogP contribution in [0.3, 0.4) is 0 Å². The minimum absolute atomic E-state index is 0.0189. The Hall–Kier alpha value is -3.07. The van der Waals surface area contributed by atoms with Gasteiger partial charge < -0.3 is 14.8 Å². The zero-order valence-electron chi connectivity index (χ0n) is 16.9. The van der Waals surface area contributed by atoms with Crippen LogP contribution in [0.1, 0.15) is 15.9 Å². The molecular formula is C22H21ClN2O5S. The molecule has 0 aliphatic rings. The number of halogens is 1. The molecule has 0 saturated carbocycles. The average molecular weight is 461 g/mol. The summed E-state index contributed by atoms with van der Waals surface area (Å²) in [5.41, 5.74) is 1.29. The molecule has 1 amide bonds. The molecule has 2 N–H and O–H groups in total. The van der Waals surface area contributed by atoms with Crippen molar-refractivity contribution >= 4 is 33.2 Å². The lowest BCUT2D eigenvalue weighted by molar-refractivity contribution is 0.102. The molecule has 3 aromatic rings. The van der Waals surface area contributed by atoms with Gasteiger partial charge in [-0.25, -0.2) is 13.1 Å². The topological polar surface area (TPSA) is 93.7 Å². The molecule has 0 spiro atoms. The quantitative estimate of drug-likeness (QED) is 0.528. The van der Waals surface area contributed by atoms with E-state index in [1.54, 1.807) is 48.5 Å². The molecular weight excluding hydrogens is 440 g/mol. The second-order valence-corrected chi connectivity index (χ2v) is 8.66. The lowest BCUT2D eigenvalue weighted by Crippen LogP contribution is -2.24. The van der Waals surface area contributed by atoms with Crippen molar-refractivity contribution in [1.29, 1.82) is 0 Å². The Balaban J connectivity index is 1.82. The highest BCUT2D eigenvalue weighted by Crippen LogP contribution is 2.28. The van der Waals surface area contributed by atoms with Gasteiger partial charge in [-0.15, -0.1) is 0 Å². The number of ether oxygens (including phenoxy) is 2. The summed E-state index contributed by atoms with van der Waals surface area (Å²) < 4.78 is 38.7. The van der Waals surface area contributed by atoms with Gasteiger partial charge in [0.15, 0.2) is 0 Å². The highest BCUT2D eigenvalue weighted by molar-refractivity contribution is 7.89. The molecule has 0 aliphatic heterocycles. The molecule has 0 heterocycles. The maximum absolute atomic E-state index is 12.8. The van der Waals surface area contributed by atoms with Gasteiger partial charge in [0.2, 0.25) is 10.0 Å². The fourth-order valence-corrected chi connectivity index (χ4v) is 4.01. The number of rotatable bonds is 8. The molecule has 0 aromatic heterocycles. The van der Waals surface area contributed by atoms with Crippen molar-refractivity contribution in [2.75, 3.05) is 19.5 Å². The number of carbonyl (C=O) groups is 1. The summed E-state index contributed by atoms with van der Waals surface area (Å²) in [5, 5.41) is 3.19. The minimum Gasteiger partial charge on any atom is -0.496 e. The minimum atomic E-state index is -3.87. The van der Waals surface area contributed by atoms with Crippen LogP contribution in [-0.4, -0.2) is 28.5 Å². The number of anilines is 1. The molecule has 3 rings (SSSR count). The molecule has 0 fully saturated rings. The summed E-state index contributed by atoms with van der Waals surface area (Å²) in [6.07, 6.45) is 0. The number of hydrogen-bond acceptors (Lipinski definition) is 5. The summed E-state index contributed by atoms with van der Waals surface area (Å²) in [6.45, 7) is 0.0465. The third kappa shape index (κ3) is 5.55. The van der Waals surface area contributed by atoms with E-state index in [1.165, 1.54) is 32.4 Å². The van der Waals surface area contributed by atoms with Gasteiger partial charge in [0, 0.05) is 22.7 Å². The van der Waals surface area contributed by atoms with E-state index in [9.17, 15) is 13.2 Å². The smallest absolute Gasteiger partial charge is 0.255 e. The maximum atomic E-state index is 12.8. The van der Waals surface area contributed by atoms with Crippen LogP contribution in [0.2, 0.25) is 5.02 Å². The van der Waals surface area contributed by atoms with Crippen LogP contribution in [0.15, 0.2) is 71.6 Å². The summed E-state index contributed by atoms with van der Waals surface area (Å²) in [5.74, 6) is 0.480. The van der Waals surface area contributed by atoms with Crippen LogP contribution < -0.4 is 19.5 Å². The molecule has 0 bridgehead atoms. The predicted molar refractivity (Wildman–Crippen MR) is 119 cm³/mol. The third-order valence-corrected chi connectivity index (χ3v) is 6.13. The normalized spacial score (nSPS) is 11.1. The van der Waals surface area contributed by atoms with E-state index in [1.807, 2.05) is 0 Å². The average Bonchev–Trinajstić information content (AvgIpc) is 2.78. The number of benzene rings is 3. The Morgan fingerprint density at radius 1 is 0.935 bits per heavy atom. The second kappa shape index (κ2) is 9.82. The number of carbonyl (C=O) groups excluding carboxylic acids is 1. The summed E-state index contributed by atoms with van der Waals surface area (Å²) >= 11 is 5.85. The Morgan fingerprint density at radius 2 is 1.61 bits per heavy atom. The monoisotopic (exact) mass is 460 g/mol. The van der Waals surface area contributed by atoms with Crippen molar-refractivity contribution in [1.82, 2.24) is 4.72 Å². The molecule has 0 atom stereocenters. The van der Waals surface area contributed by atoms with Gasteiger partial charge in [0.1, 0.15) is 11.5 Å². The fourth-order valence-electron chi connectivity index (χ4n) is 2.85. The Bertz CT molecular complexity index is 1180. The zero-order chi connectivity index (χ0) is 22.4. The van der Waals surface area contributed by atoms with Crippen molar-refractivity contribution in [3.8, 4) is 11.5 Å².